The molecule has 0 fully saturated rings. The first-order valence-electron chi connectivity index (χ1n) is 6.25. The van der Waals surface area contributed by atoms with E-state index in [1.165, 1.54) is 5.56 Å². The third kappa shape index (κ3) is 4.40. The van der Waals surface area contributed by atoms with E-state index in [9.17, 15) is 5.11 Å². The Balaban J connectivity index is 1.98. The SMILES string of the molecule is OC[C@H](O)C[C@@H](NCc1ccccc1)c1nccs1. The van der Waals surface area contributed by atoms with Gasteiger partial charge in [0.25, 0.3) is 0 Å². The maximum atomic E-state index is 9.61. The monoisotopic (exact) mass is 278 g/mol. The lowest BCUT2D eigenvalue weighted by Crippen LogP contribution is -2.26. The number of hydrogen-bond donors (Lipinski definition) is 3. The van der Waals surface area contributed by atoms with E-state index in [0.29, 0.717) is 13.0 Å². The van der Waals surface area contributed by atoms with Gasteiger partial charge in [0.2, 0.25) is 0 Å². The minimum absolute atomic E-state index is 0.0395. The molecule has 1 aromatic heterocycles. The summed E-state index contributed by atoms with van der Waals surface area (Å²) in [5, 5.41) is 24.8. The summed E-state index contributed by atoms with van der Waals surface area (Å²) in [4.78, 5) is 4.28. The number of rotatable bonds is 7. The Kier molecular flexibility index (Phi) is 5.47. The lowest BCUT2D eigenvalue weighted by Gasteiger charge is -2.19. The number of thiazole rings is 1. The molecule has 0 bridgehead atoms. The van der Waals surface area contributed by atoms with Gasteiger partial charge in [-0.3, -0.25) is 0 Å². The Labute approximate surface area is 116 Å². The minimum atomic E-state index is -0.725. The summed E-state index contributed by atoms with van der Waals surface area (Å²) in [5.74, 6) is 0. The van der Waals surface area contributed by atoms with Crippen LogP contribution in [0.15, 0.2) is 41.9 Å². The van der Waals surface area contributed by atoms with E-state index in [-0.39, 0.29) is 12.6 Å². The van der Waals surface area contributed by atoms with Crippen LogP contribution < -0.4 is 5.32 Å². The van der Waals surface area contributed by atoms with Gasteiger partial charge in [0.15, 0.2) is 0 Å². The van der Waals surface area contributed by atoms with E-state index in [1.54, 1.807) is 17.5 Å². The van der Waals surface area contributed by atoms with Crippen LogP contribution in [-0.2, 0) is 6.54 Å². The zero-order chi connectivity index (χ0) is 13.5. The molecule has 1 heterocycles. The van der Waals surface area contributed by atoms with E-state index in [0.717, 1.165) is 5.01 Å². The number of aromatic nitrogens is 1. The van der Waals surface area contributed by atoms with Crippen LogP contribution in [0.25, 0.3) is 0 Å². The molecule has 2 atom stereocenters. The largest absolute Gasteiger partial charge is 0.394 e. The maximum Gasteiger partial charge on any atom is 0.110 e. The standard InChI is InChI=1S/C14H18N2O2S/c17-10-12(18)8-13(14-15-6-7-19-14)16-9-11-4-2-1-3-5-11/h1-7,12-13,16-18H,8-10H2/t12-,13-/m1/s1. The molecule has 0 saturated carbocycles. The summed E-state index contributed by atoms with van der Waals surface area (Å²) in [6.45, 7) is 0.484. The first-order chi connectivity index (χ1) is 9.29. The molecule has 4 nitrogen and oxygen atoms in total. The Morgan fingerprint density at radius 3 is 2.68 bits per heavy atom. The normalized spacial score (nSPS) is 14.2. The van der Waals surface area contributed by atoms with Crippen LogP contribution in [0.1, 0.15) is 23.0 Å². The average molecular weight is 278 g/mol. The maximum absolute atomic E-state index is 9.61. The molecule has 0 amide bonds. The predicted molar refractivity (Wildman–Crippen MR) is 75.8 cm³/mol. The second kappa shape index (κ2) is 7.35. The Morgan fingerprint density at radius 2 is 2.05 bits per heavy atom. The lowest BCUT2D eigenvalue weighted by atomic mass is 10.1. The molecule has 0 aliphatic carbocycles. The number of benzene rings is 1. The fraction of sp³-hybridized carbons (Fsp3) is 0.357. The van der Waals surface area contributed by atoms with Crippen molar-refractivity contribution in [3.8, 4) is 0 Å². The number of aliphatic hydroxyl groups is 2. The highest BCUT2D eigenvalue weighted by Gasteiger charge is 2.17. The molecule has 0 saturated heterocycles. The topological polar surface area (TPSA) is 65.4 Å². The van der Waals surface area contributed by atoms with Gasteiger partial charge in [-0.2, -0.15) is 0 Å². The van der Waals surface area contributed by atoms with Gasteiger partial charge in [0.05, 0.1) is 18.8 Å². The number of hydrogen-bond acceptors (Lipinski definition) is 5. The van der Waals surface area contributed by atoms with E-state index in [1.807, 2.05) is 35.7 Å². The highest BCUT2D eigenvalue weighted by atomic mass is 32.1. The first kappa shape index (κ1) is 14.1. The molecule has 2 aromatic rings. The summed E-state index contributed by atoms with van der Waals surface area (Å²) in [6.07, 6.45) is 1.48. The lowest BCUT2D eigenvalue weighted by molar-refractivity contribution is 0.0787. The first-order valence-corrected chi connectivity index (χ1v) is 7.13. The molecule has 3 N–H and O–H groups in total. The van der Waals surface area contributed by atoms with Crippen LogP contribution in [0.4, 0.5) is 0 Å². The fourth-order valence-electron chi connectivity index (χ4n) is 1.86. The van der Waals surface area contributed by atoms with Crippen molar-refractivity contribution in [1.82, 2.24) is 10.3 Å². The molecule has 0 spiro atoms. The molecule has 2 rings (SSSR count). The summed E-state index contributed by atoms with van der Waals surface area (Å²) in [6, 6.07) is 10.0. The second-order valence-corrected chi connectivity index (χ2v) is 5.29. The molecular weight excluding hydrogens is 260 g/mol. The van der Waals surface area contributed by atoms with Crippen LogP contribution in [-0.4, -0.2) is 27.9 Å². The van der Waals surface area contributed by atoms with Gasteiger partial charge in [0.1, 0.15) is 5.01 Å². The van der Waals surface area contributed by atoms with Crippen LogP contribution in [0.5, 0.6) is 0 Å². The van der Waals surface area contributed by atoms with Crippen molar-refractivity contribution in [3.05, 3.63) is 52.5 Å². The Hall–Kier alpha value is -1.27. The molecule has 19 heavy (non-hydrogen) atoms. The van der Waals surface area contributed by atoms with Crippen molar-refractivity contribution in [3.63, 3.8) is 0 Å². The molecule has 102 valence electrons. The summed E-state index contributed by atoms with van der Waals surface area (Å²) in [5.41, 5.74) is 1.18. The molecule has 0 aliphatic rings. The third-order valence-electron chi connectivity index (χ3n) is 2.86. The molecule has 1 aromatic carbocycles. The molecular formula is C14H18N2O2S. The van der Waals surface area contributed by atoms with E-state index < -0.39 is 6.10 Å². The van der Waals surface area contributed by atoms with Gasteiger partial charge < -0.3 is 15.5 Å². The van der Waals surface area contributed by atoms with Gasteiger partial charge >= 0.3 is 0 Å². The minimum Gasteiger partial charge on any atom is -0.394 e. The van der Waals surface area contributed by atoms with Crippen molar-refractivity contribution in [2.45, 2.75) is 25.1 Å². The fourth-order valence-corrected chi connectivity index (χ4v) is 2.59. The molecule has 0 aliphatic heterocycles. The van der Waals surface area contributed by atoms with Crippen molar-refractivity contribution in [2.75, 3.05) is 6.61 Å². The zero-order valence-electron chi connectivity index (χ0n) is 10.6. The zero-order valence-corrected chi connectivity index (χ0v) is 11.4. The summed E-state index contributed by atoms with van der Waals surface area (Å²) >= 11 is 1.55. The average Bonchev–Trinajstić information content (AvgIpc) is 2.98. The van der Waals surface area contributed by atoms with E-state index in [2.05, 4.69) is 10.3 Å². The summed E-state index contributed by atoms with van der Waals surface area (Å²) in [7, 11) is 0. The van der Waals surface area contributed by atoms with Crippen molar-refractivity contribution in [2.24, 2.45) is 0 Å². The van der Waals surface area contributed by atoms with E-state index in [4.69, 9.17) is 5.11 Å². The molecule has 0 radical (unpaired) electrons. The van der Waals surface area contributed by atoms with Crippen LogP contribution in [0, 0.1) is 0 Å². The quantitative estimate of drug-likeness (QED) is 0.721. The molecule has 0 unspecified atom stereocenters. The Bertz CT molecular complexity index is 462. The van der Waals surface area contributed by atoms with E-state index >= 15 is 0 Å². The second-order valence-electron chi connectivity index (χ2n) is 4.36. The number of nitrogens with one attached hydrogen (secondary N) is 1. The van der Waals surface area contributed by atoms with Crippen LogP contribution in [0.2, 0.25) is 0 Å². The van der Waals surface area contributed by atoms with Crippen molar-refractivity contribution >= 4 is 11.3 Å². The highest BCUT2D eigenvalue weighted by molar-refractivity contribution is 7.09. The number of nitrogens with zero attached hydrogens (tertiary/aromatic N) is 1. The van der Waals surface area contributed by atoms with Gasteiger partial charge in [0, 0.05) is 18.1 Å². The van der Waals surface area contributed by atoms with Gasteiger partial charge in [-0.05, 0) is 12.0 Å². The van der Waals surface area contributed by atoms with Gasteiger partial charge in [-0.1, -0.05) is 30.3 Å². The smallest absolute Gasteiger partial charge is 0.110 e. The highest BCUT2D eigenvalue weighted by Crippen LogP contribution is 2.21. The summed E-state index contributed by atoms with van der Waals surface area (Å²) < 4.78 is 0. The van der Waals surface area contributed by atoms with Crippen molar-refractivity contribution < 1.29 is 10.2 Å². The van der Waals surface area contributed by atoms with Crippen LogP contribution in [0.3, 0.4) is 0 Å². The number of aliphatic hydroxyl groups excluding tert-OH is 2. The Morgan fingerprint density at radius 1 is 1.26 bits per heavy atom. The van der Waals surface area contributed by atoms with Crippen molar-refractivity contribution in [1.29, 1.82) is 0 Å². The van der Waals surface area contributed by atoms with Gasteiger partial charge in [-0.25, -0.2) is 4.98 Å². The predicted octanol–water partition coefficient (Wildman–Crippen LogP) is 1.72. The third-order valence-corrected chi connectivity index (χ3v) is 3.75. The molecule has 5 heteroatoms. The van der Waals surface area contributed by atoms with Crippen LogP contribution >= 0.6 is 11.3 Å². The van der Waals surface area contributed by atoms with Gasteiger partial charge in [-0.15, -0.1) is 11.3 Å².